The van der Waals surface area contributed by atoms with Gasteiger partial charge in [0.15, 0.2) is 0 Å². The van der Waals surface area contributed by atoms with Gasteiger partial charge in [-0.3, -0.25) is 4.79 Å². The van der Waals surface area contributed by atoms with Crippen molar-refractivity contribution in [1.82, 2.24) is 4.57 Å². The maximum Gasteiger partial charge on any atom is 0.352 e. The second-order valence-electron chi connectivity index (χ2n) is 4.52. The minimum atomic E-state index is -1.01. The van der Waals surface area contributed by atoms with Gasteiger partial charge in [-0.05, 0) is 25.5 Å². The first kappa shape index (κ1) is 13.6. The van der Waals surface area contributed by atoms with Gasteiger partial charge in [-0.1, -0.05) is 23.7 Å². The lowest BCUT2D eigenvalue weighted by atomic mass is 10.1. The Labute approximate surface area is 115 Å². The fourth-order valence-electron chi connectivity index (χ4n) is 2.30. The van der Waals surface area contributed by atoms with Gasteiger partial charge in [0.05, 0.1) is 10.5 Å². The van der Waals surface area contributed by atoms with Crippen molar-refractivity contribution in [2.24, 2.45) is 0 Å². The molecule has 1 N–H and O–H groups in total. The van der Waals surface area contributed by atoms with Crippen molar-refractivity contribution in [3.63, 3.8) is 0 Å². The van der Waals surface area contributed by atoms with Crippen molar-refractivity contribution < 1.29 is 14.7 Å². The van der Waals surface area contributed by atoms with Crippen molar-refractivity contribution in [3.05, 3.63) is 34.5 Å². The predicted molar refractivity (Wildman–Crippen MR) is 73.9 cm³/mol. The number of aromatic nitrogens is 1. The molecule has 4 nitrogen and oxygen atoms in total. The van der Waals surface area contributed by atoms with Crippen LogP contribution < -0.4 is 0 Å². The molecular weight excluding hydrogens is 266 g/mol. The number of Topliss-reactive ketones (excluding diaryl/α,β-unsaturated/α-hetero) is 1. The molecule has 2 aromatic rings. The summed E-state index contributed by atoms with van der Waals surface area (Å²) in [5.41, 5.74) is 1.55. The van der Waals surface area contributed by atoms with E-state index in [-0.39, 0.29) is 17.9 Å². The predicted octanol–water partition coefficient (Wildman–Crippen LogP) is 3.28. The van der Waals surface area contributed by atoms with E-state index in [0.29, 0.717) is 22.6 Å². The number of benzene rings is 1. The molecule has 100 valence electrons. The van der Waals surface area contributed by atoms with Crippen LogP contribution in [-0.2, 0) is 11.3 Å². The molecule has 0 aliphatic rings. The van der Waals surface area contributed by atoms with E-state index in [0.717, 1.165) is 5.39 Å². The van der Waals surface area contributed by atoms with Gasteiger partial charge >= 0.3 is 5.97 Å². The Morgan fingerprint density at radius 2 is 2.05 bits per heavy atom. The van der Waals surface area contributed by atoms with Crippen molar-refractivity contribution in [1.29, 1.82) is 0 Å². The van der Waals surface area contributed by atoms with Crippen LogP contribution in [0.5, 0.6) is 0 Å². The largest absolute Gasteiger partial charge is 0.477 e. The average Bonchev–Trinajstić information content (AvgIpc) is 2.61. The molecule has 0 bridgehead atoms. The second-order valence-corrected chi connectivity index (χ2v) is 4.93. The standard InChI is InChI=1S/C14H14ClNO3/c1-8(17)6-7-16-12(14(18)19)9(2)10-4-3-5-11(15)13(10)16/h3-5H,6-7H2,1-2H3,(H,18,19). The topological polar surface area (TPSA) is 59.3 Å². The molecule has 0 spiro atoms. The van der Waals surface area contributed by atoms with Gasteiger partial charge in [0.25, 0.3) is 0 Å². The number of halogens is 1. The van der Waals surface area contributed by atoms with Gasteiger partial charge in [-0.2, -0.15) is 0 Å². The molecule has 1 heterocycles. The lowest BCUT2D eigenvalue weighted by molar-refractivity contribution is -0.117. The Morgan fingerprint density at radius 1 is 1.37 bits per heavy atom. The number of carboxylic acid groups (broad SMARTS) is 1. The molecule has 0 amide bonds. The number of carboxylic acids is 1. The zero-order valence-corrected chi connectivity index (χ0v) is 11.5. The first-order chi connectivity index (χ1) is 8.93. The number of aryl methyl sites for hydroxylation is 2. The third-order valence-electron chi connectivity index (χ3n) is 3.18. The van der Waals surface area contributed by atoms with Crippen molar-refractivity contribution in [3.8, 4) is 0 Å². The van der Waals surface area contributed by atoms with Crippen LogP contribution in [-0.4, -0.2) is 21.4 Å². The molecule has 1 aromatic carbocycles. The van der Waals surface area contributed by atoms with Crippen LogP contribution in [0.1, 0.15) is 29.4 Å². The summed E-state index contributed by atoms with van der Waals surface area (Å²) in [7, 11) is 0. The minimum Gasteiger partial charge on any atom is -0.477 e. The maximum absolute atomic E-state index is 11.4. The zero-order chi connectivity index (χ0) is 14.2. The van der Waals surface area contributed by atoms with E-state index in [1.165, 1.54) is 6.92 Å². The summed E-state index contributed by atoms with van der Waals surface area (Å²) < 4.78 is 1.62. The van der Waals surface area contributed by atoms with Gasteiger partial charge in [0, 0.05) is 18.4 Å². The summed E-state index contributed by atoms with van der Waals surface area (Å²) in [6, 6.07) is 5.35. The molecule has 19 heavy (non-hydrogen) atoms. The lowest BCUT2D eigenvalue weighted by Crippen LogP contribution is -2.11. The number of carbonyl (C=O) groups is 2. The van der Waals surface area contributed by atoms with E-state index in [2.05, 4.69) is 0 Å². The van der Waals surface area contributed by atoms with Crippen LogP contribution in [0.15, 0.2) is 18.2 Å². The highest BCUT2D eigenvalue weighted by molar-refractivity contribution is 6.35. The summed E-state index contributed by atoms with van der Waals surface area (Å²) in [6.07, 6.45) is 0.286. The molecule has 0 saturated carbocycles. The molecule has 0 radical (unpaired) electrons. The molecule has 2 rings (SSSR count). The second kappa shape index (κ2) is 5.05. The number of hydrogen-bond acceptors (Lipinski definition) is 2. The van der Waals surface area contributed by atoms with Crippen molar-refractivity contribution in [2.45, 2.75) is 26.8 Å². The number of hydrogen-bond donors (Lipinski definition) is 1. The molecule has 0 atom stereocenters. The molecule has 0 saturated heterocycles. The van der Waals surface area contributed by atoms with E-state index < -0.39 is 5.97 Å². The van der Waals surface area contributed by atoms with Gasteiger partial charge in [0.2, 0.25) is 0 Å². The minimum absolute atomic E-state index is 0.0166. The third kappa shape index (κ3) is 2.36. The smallest absolute Gasteiger partial charge is 0.352 e. The Balaban J connectivity index is 2.72. The van der Waals surface area contributed by atoms with Crippen molar-refractivity contribution in [2.75, 3.05) is 0 Å². The van der Waals surface area contributed by atoms with E-state index in [9.17, 15) is 14.7 Å². The molecule has 0 aliphatic heterocycles. The lowest BCUT2D eigenvalue weighted by Gasteiger charge is -2.08. The first-order valence-electron chi connectivity index (χ1n) is 5.93. The highest BCUT2D eigenvalue weighted by Gasteiger charge is 2.21. The molecule has 0 fully saturated rings. The third-order valence-corrected chi connectivity index (χ3v) is 3.48. The monoisotopic (exact) mass is 279 g/mol. The highest BCUT2D eigenvalue weighted by atomic mass is 35.5. The number of fused-ring (bicyclic) bond motifs is 1. The summed E-state index contributed by atoms with van der Waals surface area (Å²) in [6.45, 7) is 3.57. The summed E-state index contributed by atoms with van der Waals surface area (Å²) in [4.78, 5) is 22.6. The first-order valence-corrected chi connectivity index (χ1v) is 6.31. The molecule has 0 unspecified atom stereocenters. The number of nitrogens with zero attached hydrogens (tertiary/aromatic N) is 1. The van der Waals surface area contributed by atoms with Crippen molar-refractivity contribution >= 4 is 34.3 Å². The Morgan fingerprint density at radius 3 is 2.63 bits per heavy atom. The zero-order valence-electron chi connectivity index (χ0n) is 10.7. The van der Waals surface area contributed by atoms with Crippen LogP contribution in [0.4, 0.5) is 0 Å². The van der Waals surface area contributed by atoms with E-state index in [1.54, 1.807) is 23.6 Å². The summed E-state index contributed by atoms with van der Waals surface area (Å²) >= 11 is 6.17. The SMILES string of the molecule is CC(=O)CCn1c(C(=O)O)c(C)c2cccc(Cl)c21. The van der Waals surface area contributed by atoms with E-state index >= 15 is 0 Å². The van der Waals surface area contributed by atoms with Gasteiger partial charge < -0.3 is 9.67 Å². The van der Waals surface area contributed by atoms with Crippen LogP contribution in [0.25, 0.3) is 10.9 Å². The fraction of sp³-hybridized carbons (Fsp3) is 0.286. The Bertz CT molecular complexity index is 673. The number of carbonyl (C=O) groups excluding carboxylic acids is 1. The normalized spacial score (nSPS) is 10.9. The Kier molecular flexibility index (Phi) is 3.62. The van der Waals surface area contributed by atoms with Crippen LogP contribution in [0, 0.1) is 6.92 Å². The number of ketones is 1. The van der Waals surface area contributed by atoms with Gasteiger partial charge in [-0.15, -0.1) is 0 Å². The van der Waals surface area contributed by atoms with Crippen LogP contribution in [0.2, 0.25) is 5.02 Å². The number of aromatic carboxylic acids is 1. The quantitative estimate of drug-likeness (QED) is 0.934. The fourth-order valence-corrected chi connectivity index (χ4v) is 2.58. The molecule has 0 aliphatic carbocycles. The average molecular weight is 280 g/mol. The van der Waals surface area contributed by atoms with Crippen LogP contribution in [0.3, 0.4) is 0 Å². The Hall–Kier alpha value is -1.81. The highest BCUT2D eigenvalue weighted by Crippen LogP contribution is 2.31. The maximum atomic E-state index is 11.4. The summed E-state index contributed by atoms with van der Waals surface area (Å²) in [5, 5.41) is 10.7. The summed E-state index contributed by atoms with van der Waals surface area (Å²) in [5.74, 6) is -0.990. The van der Waals surface area contributed by atoms with E-state index in [1.807, 2.05) is 6.07 Å². The number of rotatable bonds is 4. The molecular formula is C14H14ClNO3. The molecule has 1 aromatic heterocycles. The van der Waals surface area contributed by atoms with Gasteiger partial charge in [0.1, 0.15) is 11.5 Å². The molecule has 5 heteroatoms. The van der Waals surface area contributed by atoms with Gasteiger partial charge in [-0.25, -0.2) is 4.79 Å². The number of para-hydroxylation sites is 1. The van der Waals surface area contributed by atoms with Crippen LogP contribution >= 0.6 is 11.6 Å². The van der Waals surface area contributed by atoms with E-state index in [4.69, 9.17) is 11.6 Å².